The summed E-state index contributed by atoms with van der Waals surface area (Å²) in [6.45, 7) is 2.32. The topological polar surface area (TPSA) is 32.3 Å². The third-order valence-corrected chi connectivity index (χ3v) is 3.47. The molecule has 2 aromatic carbocycles. The smallest absolute Gasteiger partial charge is 0.123 e. The van der Waals surface area contributed by atoms with Gasteiger partial charge in [-0.05, 0) is 42.3 Å². The van der Waals surface area contributed by atoms with E-state index in [0.29, 0.717) is 11.6 Å². The summed E-state index contributed by atoms with van der Waals surface area (Å²) in [6.07, 6.45) is -0.622. The molecule has 4 heteroatoms. The van der Waals surface area contributed by atoms with Crippen LogP contribution in [-0.4, -0.2) is 11.7 Å². The minimum Gasteiger partial charge on any atom is -0.387 e. The maximum atomic E-state index is 13.1. The van der Waals surface area contributed by atoms with Crippen molar-refractivity contribution in [3.05, 3.63) is 70.5 Å². The molecule has 0 heterocycles. The molecule has 0 saturated heterocycles. The number of aliphatic hydroxyl groups excluding tert-OH is 1. The Labute approximate surface area is 123 Å². The standard InChI is InChI=1S/C16H17ClFNO/c1-11(13-3-2-4-15(18)9-13)19-10-16(20)12-5-7-14(17)8-6-12/h2-9,11,16,19-20H,10H2,1H3/t11-,16?/m1/s1. The van der Waals surface area contributed by atoms with E-state index >= 15 is 0 Å². The first-order valence-corrected chi connectivity index (χ1v) is 6.86. The number of nitrogens with one attached hydrogen (secondary N) is 1. The molecule has 20 heavy (non-hydrogen) atoms. The number of hydrogen-bond donors (Lipinski definition) is 2. The van der Waals surface area contributed by atoms with Crippen LogP contribution in [0.1, 0.15) is 30.2 Å². The summed E-state index contributed by atoms with van der Waals surface area (Å²) < 4.78 is 13.1. The molecule has 2 rings (SSSR count). The van der Waals surface area contributed by atoms with E-state index in [4.69, 9.17) is 11.6 Å². The predicted molar refractivity (Wildman–Crippen MR) is 79.2 cm³/mol. The minimum absolute atomic E-state index is 0.0346. The van der Waals surface area contributed by atoms with Crippen molar-refractivity contribution in [1.29, 1.82) is 0 Å². The van der Waals surface area contributed by atoms with E-state index in [1.807, 2.05) is 13.0 Å². The highest BCUT2D eigenvalue weighted by atomic mass is 35.5. The fourth-order valence-electron chi connectivity index (χ4n) is 1.98. The van der Waals surface area contributed by atoms with Crippen LogP contribution in [0.5, 0.6) is 0 Å². The largest absolute Gasteiger partial charge is 0.387 e. The average Bonchev–Trinajstić information content (AvgIpc) is 2.45. The molecule has 0 radical (unpaired) electrons. The first-order valence-electron chi connectivity index (χ1n) is 6.48. The molecule has 0 amide bonds. The van der Waals surface area contributed by atoms with Crippen molar-refractivity contribution in [1.82, 2.24) is 5.32 Å². The first kappa shape index (κ1) is 15.0. The van der Waals surface area contributed by atoms with Gasteiger partial charge in [-0.2, -0.15) is 0 Å². The summed E-state index contributed by atoms with van der Waals surface area (Å²) in [5.41, 5.74) is 1.65. The number of benzene rings is 2. The Morgan fingerprint density at radius 2 is 1.85 bits per heavy atom. The SMILES string of the molecule is C[C@@H](NCC(O)c1ccc(Cl)cc1)c1cccc(F)c1. The van der Waals surface area contributed by atoms with Gasteiger partial charge in [-0.1, -0.05) is 35.9 Å². The summed E-state index contributed by atoms with van der Waals surface area (Å²) in [4.78, 5) is 0. The molecule has 0 spiro atoms. The van der Waals surface area contributed by atoms with Crippen molar-refractivity contribution in [3.8, 4) is 0 Å². The lowest BCUT2D eigenvalue weighted by molar-refractivity contribution is 0.171. The lowest BCUT2D eigenvalue weighted by atomic mass is 10.1. The van der Waals surface area contributed by atoms with Crippen LogP contribution in [0.4, 0.5) is 4.39 Å². The molecule has 2 nitrogen and oxygen atoms in total. The molecule has 2 N–H and O–H groups in total. The average molecular weight is 294 g/mol. The van der Waals surface area contributed by atoms with Crippen molar-refractivity contribution in [2.75, 3.05) is 6.54 Å². The van der Waals surface area contributed by atoms with Crippen molar-refractivity contribution in [2.45, 2.75) is 19.1 Å². The van der Waals surface area contributed by atoms with Crippen molar-refractivity contribution in [3.63, 3.8) is 0 Å². The number of aliphatic hydroxyl groups is 1. The molecular formula is C16H17ClFNO. The van der Waals surface area contributed by atoms with Gasteiger partial charge in [0.25, 0.3) is 0 Å². The zero-order valence-corrected chi connectivity index (χ0v) is 11.9. The van der Waals surface area contributed by atoms with Crippen molar-refractivity contribution in [2.24, 2.45) is 0 Å². The van der Waals surface area contributed by atoms with Gasteiger partial charge < -0.3 is 10.4 Å². The Balaban J connectivity index is 1.93. The van der Waals surface area contributed by atoms with Gasteiger partial charge in [-0.3, -0.25) is 0 Å². The Morgan fingerprint density at radius 3 is 2.50 bits per heavy atom. The number of hydrogen-bond acceptors (Lipinski definition) is 2. The van der Waals surface area contributed by atoms with Crippen LogP contribution in [0.2, 0.25) is 5.02 Å². The monoisotopic (exact) mass is 293 g/mol. The molecular weight excluding hydrogens is 277 g/mol. The van der Waals surface area contributed by atoms with Crippen LogP contribution in [0.15, 0.2) is 48.5 Å². The van der Waals surface area contributed by atoms with Gasteiger partial charge in [0, 0.05) is 17.6 Å². The molecule has 1 unspecified atom stereocenters. The maximum absolute atomic E-state index is 13.1. The molecule has 0 aliphatic rings. The van der Waals surface area contributed by atoms with Crippen molar-refractivity contribution >= 4 is 11.6 Å². The van der Waals surface area contributed by atoms with Crippen LogP contribution in [0.25, 0.3) is 0 Å². The fourth-order valence-corrected chi connectivity index (χ4v) is 2.11. The molecule has 2 aromatic rings. The lowest BCUT2D eigenvalue weighted by Gasteiger charge is -2.18. The summed E-state index contributed by atoms with van der Waals surface area (Å²) in [6, 6.07) is 13.5. The quantitative estimate of drug-likeness (QED) is 0.877. The fraction of sp³-hybridized carbons (Fsp3) is 0.250. The van der Waals surface area contributed by atoms with Crippen LogP contribution in [0.3, 0.4) is 0 Å². The van der Waals surface area contributed by atoms with E-state index in [2.05, 4.69) is 5.32 Å². The second-order valence-corrected chi connectivity index (χ2v) is 5.19. The minimum atomic E-state index is -0.622. The molecule has 0 fully saturated rings. The second kappa shape index (κ2) is 6.84. The van der Waals surface area contributed by atoms with Crippen LogP contribution in [0, 0.1) is 5.82 Å². The Hall–Kier alpha value is -1.42. The molecule has 0 aliphatic heterocycles. The summed E-state index contributed by atoms with van der Waals surface area (Å²) in [5.74, 6) is -0.255. The Bertz CT molecular complexity index is 559. The zero-order chi connectivity index (χ0) is 14.5. The Morgan fingerprint density at radius 1 is 1.15 bits per heavy atom. The van der Waals surface area contributed by atoms with E-state index in [0.717, 1.165) is 11.1 Å². The highest BCUT2D eigenvalue weighted by Gasteiger charge is 2.11. The van der Waals surface area contributed by atoms with Crippen LogP contribution >= 0.6 is 11.6 Å². The van der Waals surface area contributed by atoms with Crippen molar-refractivity contribution < 1.29 is 9.50 Å². The van der Waals surface area contributed by atoms with Gasteiger partial charge in [0.2, 0.25) is 0 Å². The highest BCUT2D eigenvalue weighted by Crippen LogP contribution is 2.18. The van der Waals surface area contributed by atoms with Gasteiger partial charge in [-0.25, -0.2) is 4.39 Å². The van der Waals surface area contributed by atoms with E-state index in [9.17, 15) is 9.50 Å². The predicted octanol–water partition coefficient (Wildman–Crippen LogP) is 3.86. The van der Waals surface area contributed by atoms with E-state index in [-0.39, 0.29) is 11.9 Å². The third kappa shape index (κ3) is 4.04. The first-order chi connectivity index (χ1) is 9.56. The molecule has 0 aliphatic carbocycles. The van der Waals surface area contributed by atoms with E-state index in [1.54, 1.807) is 30.3 Å². The normalized spacial score (nSPS) is 14.0. The molecule has 0 bridgehead atoms. The van der Waals surface area contributed by atoms with Crippen LogP contribution < -0.4 is 5.32 Å². The van der Waals surface area contributed by atoms with Gasteiger partial charge in [0.15, 0.2) is 0 Å². The van der Waals surface area contributed by atoms with E-state index < -0.39 is 6.10 Å². The van der Waals surface area contributed by atoms with Gasteiger partial charge in [0.1, 0.15) is 5.82 Å². The highest BCUT2D eigenvalue weighted by molar-refractivity contribution is 6.30. The summed E-state index contributed by atoms with van der Waals surface area (Å²) in [5, 5.41) is 13.9. The summed E-state index contributed by atoms with van der Waals surface area (Å²) >= 11 is 5.81. The maximum Gasteiger partial charge on any atom is 0.123 e. The third-order valence-electron chi connectivity index (χ3n) is 3.22. The molecule has 0 aromatic heterocycles. The number of halogens is 2. The van der Waals surface area contributed by atoms with E-state index in [1.165, 1.54) is 12.1 Å². The molecule has 0 saturated carbocycles. The van der Waals surface area contributed by atoms with Gasteiger partial charge >= 0.3 is 0 Å². The Kier molecular flexibility index (Phi) is 5.12. The van der Waals surface area contributed by atoms with Gasteiger partial charge in [-0.15, -0.1) is 0 Å². The second-order valence-electron chi connectivity index (χ2n) is 4.75. The molecule has 2 atom stereocenters. The van der Waals surface area contributed by atoms with Gasteiger partial charge in [0.05, 0.1) is 6.10 Å². The summed E-state index contributed by atoms with van der Waals surface area (Å²) in [7, 11) is 0. The lowest BCUT2D eigenvalue weighted by Crippen LogP contribution is -2.24. The zero-order valence-electron chi connectivity index (χ0n) is 11.2. The molecule has 106 valence electrons. The van der Waals surface area contributed by atoms with Crippen LogP contribution in [-0.2, 0) is 0 Å². The number of rotatable bonds is 5.